The minimum Gasteiger partial charge on any atom is -0.408 e. The van der Waals surface area contributed by atoms with Crippen molar-refractivity contribution in [2.24, 2.45) is 0 Å². The molecule has 0 aliphatic rings. The van der Waals surface area contributed by atoms with Crippen LogP contribution in [0.25, 0.3) is 11.1 Å². The molecule has 3 aromatic rings. The number of oxazole rings is 1. The largest absolute Gasteiger partial charge is 0.417 e. The van der Waals surface area contributed by atoms with Gasteiger partial charge in [0.05, 0.1) is 5.52 Å². The second-order valence-corrected chi connectivity index (χ2v) is 4.39. The first kappa shape index (κ1) is 12.2. The van der Waals surface area contributed by atoms with E-state index in [9.17, 15) is 9.59 Å². The average Bonchev–Trinajstić information content (AvgIpc) is 2.85. The van der Waals surface area contributed by atoms with Crippen molar-refractivity contribution in [3.05, 3.63) is 70.2 Å². The van der Waals surface area contributed by atoms with Gasteiger partial charge in [0, 0.05) is 12.1 Å². The fourth-order valence-electron chi connectivity index (χ4n) is 1.97. The first-order valence-corrected chi connectivity index (χ1v) is 6.17. The van der Waals surface area contributed by atoms with Crippen LogP contribution in [0.3, 0.4) is 0 Å². The highest BCUT2D eigenvalue weighted by molar-refractivity contribution is 5.96. The van der Waals surface area contributed by atoms with E-state index >= 15 is 0 Å². The molecule has 0 saturated heterocycles. The van der Waals surface area contributed by atoms with Crippen LogP contribution in [0.2, 0.25) is 0 Å². The van der Waals surface area contributed by atoms with Crippen LogP contribution in [0.5, 0.6) is 0 Å². The molecule has 0 aliphatic heterocycles. The smallest absolute Gasteiger partial charge is 0.408 e. The first-order chi connectivity index (χ1) is 9.72. The van der Waals surface area contributed by atoms with Crippen molar-refractivity contribution in [2.45, 2.75) is 6.54 Å². The standard InChI is InChI=1S/C15H12N2O3/c18-14(16-9-10-4-2-1-3-5-10)11-6-7-12-13(8-11)20-15(19)17-12/h1-8H,9H2,(H,16,18)(H,17,19). The Labute approximate surface area is 114 Å². The zero-order valence-corrected chi connectivity index (χ0v) is 10.6. The van der Waals surface area contributed by atoms with Crippen LogP contribution in [0, 0.1) is 0 Å². The Morgan fingerprint density at radius 1 is 1.15 bits per heavy atom. The molecule has 100 valence electrons. The van der Waals surface area contributed by atoms with Gasteiger partial charge in [-0.2, -0.15) is 0 Å². The maximum absolute atomic E-state index is 12.0. The van der Waals surface area contributed by atoms with Gasteiger partial charge in [0.15, 0.2) is 5.58 Å². The molecule has 5 heteroatoms. The van der Waals surface area contributed by atoms with Crippen molar-refractivity contribution < 1.29 is 9.21 Å². The summed E-state index contributed by atoms with van der Waals surface area (Å²) < 4.78 is 4.93. The molecule has 0 unspecified atom stereocenters. The number of fused-ring (bicyclic) bond motifs is 1. The van der Waals surface area contributed by atoms with Crippen molar-refractivity contribution in [1.82, 2.24) is 10.3 Å². The molecule has 1 heterocycles. The second-order valence-electron chi connectivity index (χ2n) is 4.39. The van der Waals surface area contributed by atoms with E-state index in [1.165, 1.54) is 0 Å². The van der Waals surface area contributed by atoms with Crippen LogP contribution < -0.4 is 11.1 Å². The molecule has 3 rings (SSSR count). The van der Waals surface area contributed by atoms with Crippen LogP contribution >= 0.6 is 0 Å². The van der Waals surface area contributed by atoms with Crippen molar-refractivity contribution >= 4 is 17.0 Å². The van der Waals surface area contributed by atoms with Crippen LogP contribution in [-0.4, -0.2) is 10.9 Å². The monoisotopic (exact) mass is 268 g/mol. The minimum atomic E-state index is -0.526. The fraction of sp³-hybridized carbons (Fsp3) is 0.0667. The molecular formula is C15H12N2O3. The van der Waals surface area contributed by atoms with E-state index in [1.807, 2.05) is 30.3 Å². The third-order valence-corrected chi connectivity index (χ3v) is 2.98. The van der Waals surface area contributed by atoms with Crippen LogP contribution in [0.1, 0.15) is 15.9 Å². The van der Waals surface area contributed by atoms with Gasteiger partial charge in [-0.3, -0.25) is 9.78 Å². The summed E-state index contributed by atoms with van der Waals surface area (Å²) in [7, 11) is 0. The molecule has 0 radical (unpaired) electrons. The average molecular weight is 268 g/mol. The number of carbonyl (C=O) groups is 1. The second kappa shape index (κ2) is 5.05. The quantitative estimate of drug-likeness (QED) is 0.763. The Bertz CT molecular complexity index is 803. The topological polar surface area (TPSA) is 75.1 Å². The number of benzene rings is 2. The van der Waals surface area contributed by atoms with Crippen molar-refractivity contribution in [3.63, 3.8) is 0 Å². The van der Waals surface area contributed by atoms with Crippen molar-refractivity contribution in [2.75, 3.05) is 0 Å². The van der Waals surface area contributed by atoms with Crippen LogP contribution in [0.15, 0.2) is 57.7 Å². The van der Waals surface area contributed by atoms with Gasteiger partial charge >= 0.3 is 5.76 Å². The Morgan fingerprint density at radius 3 is 2.75 bits per heavy atom. The van der Waals surface area contributed by atoms with Gasteiger partial charge < -0.3 is 9.73 Å². The van der Waals surface area contributed by atoms with Gasteiger partial charge in [-0.1, -0.05) is 30.3 Å². The number of carbonyl (C=O) groups excluding carboxylic acids is 1. The molecule has 5 nitrogen and oxygen atoms in total. The molecule has 0 aliphatic carbocycles. The number of rotatable bonds is 3. The van der Waals surface area contributed by atoms with E-state index in [4.69, 9.17) is 4.42 Å². The molecule has 0 saturated carbocycles. The summed E-state index contributed by atoms with van der Waals surface area (Å²) in [6.07, 6.45) is 0. The Morgan fingerprint density at radius 2 is 1.95 bits per heavy atom. The zero-order chi connectivity index (χ0) is 13.9. The normalized spacial score (nSPS) is 10.6. The Hall–Kier alpha value is -2.82. The summed E-state index contributed by atoms with van der Waals surface area (Å²) in [5.74, 6) is -0.735. The number of H-pyrrole nitrogens is 1. The van der Waals surface area contributed by atoms with Crippen LogP contribution in [-0.2, 0) is 6.54 Å². The van der Waals surface area contributed by atoms with E-state index in [0.29, 0.717) is 23.2 Å². The van der Waals surface area contributed by atoms with Gasteiger partial charge in [-0.15, -0.1) is 0 Å². The number of aromatic amines is 1. The lowest BCUT2D eigenvalue weighted by Gasteiger charge is -2.05. The molecule has 0 bridgehead atoms. The molecule has 2 N–H and O–H groups in total. The molecule has 0 fully saturated rings. The summed E-state index contributed by atoms with van der Waals surface area (Å²) in [4.78, 5) is 25.6. The van der Waals surface area contributed by atoms with Crippen LogP contribution in [0.4, 0.5) is 0 Å². The Kier molecular flexibility index (Phi) is 3.09. The lowest BCUT2D eigenvalue weighted by Crippen LogP contribution is -2.22. The lowest BCUT2D eigenvalue weighted by molar-refractivity contribution is 0.0951. The van der Waals surface area contributed by atoms with Gasteiger partial charge in [0.1, 0.15) is 0 Å². The SMILES string of the molecule is O=C(NCc1ccccc1)c1ccc2[nH]c(=O)oc2c1. The molecule has 2 aromatic carbocycles. The summed E-state index contributed by atoms with van der Waals surface area (Å²) >= 11 is 0. The van der Waals surface area contributed by atoms with Gasteiger partial charge in [-0.05, 0) is 23.8 Å². The molecular weight excluding hydrogens is 256 g/mol. The van der Waals surface area contributed by atoms with E-state index in [1.54, 1.807) is 18.2 Å². The number of nitrogens with one attached hydrogen (secondary N) is 2. The van der Waals surface area contributed by atoms with E-state index in [0.717, 1.165) is 5.56 Å². The fourth-order valence-corrected chi connectivity index (χ4v) is 1.97. The highest BCUT2D eigenvalue weighted by Gasteiger charge is 2.08. The maximum Gasteiger partial charge on any atom is 0.417 e. The third-order valence-electron chi connectivity index (χ3n) is 2.98. The highest BCUT2D eigenvalue weighted by atomic mass is 16.4. The first-order valence-electron chi connectivity index (χ1n) is 6.17. The molecule has 0 atom stereocenters. The van der Waals surface area contributed by atoms with Crippen molar-refractivity contribution in [3.8, 4) is 0 Å². The number of hydrogen-bond acceptors (Lipinski definition) is 3. The summed E-state index contributed by atoms with van der Waals surface area (Å²) in [6, 6.07) is 14.5. The van der Waals surface area contributed by atoms with Gasteiger partial charge in [-0.25, -0.2) is 4.79 Å². The number of aromatic nitrogens is 1. The highest BCUT2D eigenvalue weighted by Crippen LogP contribution is 2.12. The number of amides is 1. The van der Waals surface area contributed by atoms with Crippen molar-refractivity contribution in [1.29, 1.82) is 0 Å². The molecule has 0 spiro atoms. The van der Waals surface area contributed by atoms with E-state index in [-0.39, 0.29) is 5.91 Å². The number of hydrogen-bond donors (Lipinski definition) is 2. The Balaban J connectivity index is 1.76. The minimum absolute atomic E-state index is 0.209. The predicted octanol–water partition coefficient (Wildman–Crippen LogP) is 2.05. The summed E-state index contributed by atoms with van der Waals surface area (Å²) in [5, 5.41) is 2.82. The summed E-state index contributed by atoms with van der Waals surface area (Å²) in [6.45, 7) is 0.453. The predicted molar refractivity (Wildman–Crippen MR) is 74.4 cm³/mol. The molecule has 20 heavy (non-hydrogen) atoms. The van der Waals surface area contributed by atoms with E-state index in [2.05, 4.69) is 10.3 Å². The third kappa shape index (κ3) is 2.47. The maximum atomic E-state index is 12.0. The molecule has 1 aromatic heterocycles. The summed E-state index contributed by atoms with van der Waals surface area (Å²) in [5.41, 5.74) is 2.43. The lowest BCUT2D eigenvalue weighted by atomic mass is 10.2. The molecule has 1 amide bonds. The van der Waals surface area contributed by atoms with Gasteiger partial charge in [0.25, 0.3) is 5.91 Å². The van der Waals surface area contributed by atoms with E-state index < -0.39 is 5.76 Å². The zero-order valence-electron chi connectivity index (χ0n) is 10.6. The van der Waals surface area contributed by atoms with Gasteiger partial charge in [0.2, 0.25) is 0 Å².